The van der Waals surface area contributed by atoms with Crippen molar-refractivity contribution >= 4 is 0 Å². The van der Waals surface area contributed by atoms with Crippen molar-refractivity contribution in [3.8, 4) is 0 Å². The molecule has 2 saturated heterocycles. The minimum absolute atomic E-state index is 0.878. The highest BCUT2D eigenvalue weighted by molar-refractivity contribution is 4.80. The van der Waals surface area contributed by atoms with Gasteiger partial charge in [-0.25, -0.2) is 0 Å². The second-order valence-electron chi connectivity index (χ2n) is 5.75. The van der Waals surface area contributed by atoms with Crippen molar-refractivity contribution in [3.05, 3.63) is 0 Å². The average Bonchev–Trinajstić information content (AvgIpc) is 2.82. The summed E-state index contributed by atoms with van der Waals surface area (Å²) < 4.78 is 0. The van der Waals surface area contributed by atoms with Gasteiger partial charge in [0.1, 0.15) is 0 Å². The molecule has 2 heterocycles. The second kappa shape index (κ2) is 8.10. The third-order valence-corrected chi connectivity index (χ3v) is 4.23. The second-order valence-corrected chi connectivity index (χ2v) is 5.75. The number of nitrogens with zero attached hydrogens (tertiary/aromatic N) is 1. The Balaban J connectivity index is 0.000000686. The van der Waals surface area contributed by atoms with Gasteiger partial charge in [0.05, 0.1) is 0 Å². The van der Waals surface area contributed by atoms with Gasteiger partial charge in [-0.3, -0.25) is 0 Å². The van der Waals surface area contributed by atoms with Crippen LogP contribution in [0.4, 0.5) is 0 Å². The molecule has 2 rings (SSSR count). The number of nitrogens with one attached hydrogen (secondary N) is 1. The van der Waals surface area contributed by atoms with E-state index in [-0.39, 0.29) is 0 Å². The van der Waals surface area contributed by atoms with Crippen LogP contribution in [-0.4, -0.2) is 37.6 Å². The topological polar surface area (TPSA) is 15.3 Å². The monoisotopic (exact) mass is 240 g/mol. The van der Waals surface area contributed by atoms with Crippen molar-refractivity contribution in [1.82, 2.24) is 10.2 Å². The third kappa shape index (κ3) is 4.97. The van der Waals surface area contributed by atoms with Gasteiger partial charge < -0.3 is 10.2 Å². The molecule has 2 aliphatic heterocycles. The highest BCUT2D eigenvalue weighted by atomic mass is 15.1. The molecule has 0 unspecified atom stereocenters. The van der Waals surface area contributed by atoms with Crippen molar-refractivity contribution in [3.63, 3.8) is 0 Å². The van der Waals surface area contributed by atoms with Gasteiger partial charge in [-0.1, -0.05) is 27.7 Å². The summed E-state index contributed by atoms with van der Waals surface area (Å²) in [7, 11) is 0. The summed E-state index contributed by atoms with van der Waals surface area (Å²) in [4.78, 5) is 2.71. The molecular weight excluding hydrogens is 208 g/mol. The quantitative estimate of drug-likeness (QED) is 0.816. The summed E-state index contributed by atoms with van der Waals surface area (Å²) in [5.41, 5.74) is 0. The lowest BCUT2D eigenvalue weighted by Gasteiger charge is -2.27. The van der Waals surface area contributed by atoms with Gasteiger partial charge in [-0.05, 0) is 56.7 Å². The van der Waals surface area contributed by atoms with Crippen LogP contribution in [0.3, 0.4) is 0 Å². The van der Waals surface area contributed by atoms with E-state index in [9.17, 15) is 0 Å². The van der Waals surface area contributed by atoms with Gasteiger partial charge in [-0.2, -0.15) is 0 Å². The van der Waals surface area contributed by atoms with E-state index in [2.05, 4.69) is 24.1 Å². The lowest BCUT2D eigenvalue weighted by molar-refractivity contribution is 0.228. The third-order valence-electron chi connectivity index (χ3n) is 4.23. The molecule has 0 amide bonds. The smallest absolute Gasteiger partial charge is 0.00127 e. The zero-order valence-corrected chi connectivity index (χ0v) is 12.3. The van der Waals surface area contributed by atoms with E-state index >= 15 is 0 Å². The molecule has 0 spiro atoms. The van der Waals surface area contributed by atoms with Crippen LogP contribution in [0.25, 0.3) is 0 Å². The van der Waals surface area contributed by atoms with Crippen molar-refractivity contribution in [2.75, 3.05) is 32.7 Å². The van der Waals surface area contributed by atoms with Crippen LogP contribution in [0.15, 0.2) is 0 Å². The van der Waals surface area contributed by atoms with Gasteiger partial charge in [-0.15, -0.1) is 0 Å². The maximum Gasteiger partial charge on any atom is 0.00127 e. The molecule has 0 saturated carbocycles. The molecule has 2 fully saturated rings. The normalized spacial score (nSPS) is 27.0. The number of hydrogen-bond donors (Lipinski definition) is 1. The maximum atomic E-state index is 3.45. The van der Waals surface area contributed by atoms with Gasteiger partial charge in [0.2, 0.25) is 0 Å². The summed E-state index contributed by atoms with van der Waals surface area (Å²) in [6, 6.07) is 0. The van der Waals surface area contributed by atoms with Crippen molar-refractivity contribution in [1.29, 1.82) is 0 Å². The van der Waals surface area contributed by atoms with Gasteiger partial charge in [0.25, 0.3) is 0 Å². The Labute approximate surface area is 108 Å². The highest BCUT2D eigenvalue weighted by Crippen LogP contribution is 2.25. The Morgan fingerprint density at radius 3 is 2.29 bits per heavy atom. The molecule has 17 heavy (non-hydrogen) atoms. The lowest BCUT2D eigenvalue weighted by Crippen LogP contribution is -2.35. The van der Waals surface area contributed by atoms with Crippen LogP contribution in [0.5, 0.6) is 0 Å². The van der Waals surface area contributed by atoms with Crippen LogP contribution in [0.1, 0.15) is 47.0 Å². The first-order valence-electron chi connectivity index (χ1n) is 7.69. The summed E-state index contributed by atoms with van der Waals surface area (Å²) in [6.07, 6.45) is 4.22. The van der Waals surface area contributed by atoms with Crippen molar-refractivity contribution in [2.45, 2.75) is 47.0 Å². The van der Waals surface area contributed by atoms with Crippen LogP contribution in [0, 0.1) is 17.8 Å². The summed E-state index contributed by atoms with van der Waals surface area (Å²) >= 11 is 0. The number of hydrogen-bond acceptors (Lipinski definition) is 2. The van der Waals surface area contributed by atoms with E-state index < -0.39 is 0 Å². The Morgan fingerprint density at radius 1 is 1.12 bits per heavy atom. The summed E-state index contributed by atoms with van der Waals surface area (Å²) in [6.45, 7) is 15.3. The fourth-order valence-electron chi connectivity index (χ4n) is 3.00. The molecule has 0 radical (unpaired) electrons. The lowest BCUT2D eigenvalue weighted by atomic mass is 9.95. The minimum Gasteiger partial charge on any atom is -0.317 e. The van der Waals surface area contributed by atoms with Gasteiger partial charge in [0.15, 0.2) is 0 Å². The van der Waals surface area contributed by atoms with Crippen molar-refractivity contribution < 1.29 is 0 Å². The molecule has 0 aromatic rings. The summed E-state index contributed by atoms with van der Waals surface area (Å²) in [5, 5.41) is 3.45. The first kappa shape index (κ1) is 15.0. The van der Waals surface area contributed by atoms with Crippen LogP contribution in [0.2, 0.25) is 0 Å². The van der Waals surface area contributed by atoms with Crippen LogP contribution in [-0.2, 0) is 0 Å². The van der Waals surface area contributed by atoms with E-state index in [1.54, 1.807) is 0 Å². The molecule has 0 aromatic carbocycles. The van der Waals surface area contributed by atoms with E-state index in [1.807, 2.05) is 13.8 Å². The van der Waals surface area contributed by atoms with Crippen LogP contribution >= 0.6 is 0 Å². The number of rotatable bonds is 3. The Kier molecular flexibility index (Phi) is 7.14. The molecule has 0 aromatic heterocycles. The molecular formula is C15H32N2. The Bertz CT molecular complexity index is 185. The predicted molar refractivity (Wildman–Crippen MR) is 76.3 cm³/mol. The van der Waals surface area contributed by atoms with E-state index in [0.29, 0.717) is 0 Å². The zero-order valence-electron chi connectivity index (χ0n) is 12.3. The molecule has 1 atom stereocenters. The van der Waals surface area contributed by atoms with E-state index in [4.69, 9.17) is 0 Å². The maximum absolute atomic E-state index is 3.45. The predicted octanol–water partition coefficient (Wildman–Crippen LogP) is 2.99. The molecule has 2 heteroatoms. The first-order chi connectivity index (χ1) is 8.25. The Morgan fingerprint density at radius 2 is 1.76 bits per heavy atom. The molecule has 2 aliphatic rings. The van der Waals surface area contributed by atoms with E-state index in [1.165, 1.54) is 52.0 Å². The summed E-state index contributed by atoms with van der Waals surface area (Å²) in [5.74, 6) is 2.81. The largest absolute Gasteiger partial charge is 0.317 e. The Hall–Kier alpha value is -0.0800. The SMILES string of the molecule is CC.CC(C)[C@H]1CCN(CC2CCNCC2)C1. The zero-order chi connectivity index (χ0) is 12.7. The average molecular weight is 240 g/mol. The molecule has 1 N–H and O–H groups in total. The molecule has 102 valence electrons. The number of piperidine rings is 1. The number of likely N-dealkylation sites (tertiary alicyclic amines) is 1. The first-order valence-corrected chi connectivity index (χ1v) is 7.69. The van der Waals surface area contributed by atoms with Gasteiger partial charge in [0, 0.05) is 13.1 Å². The van der Waals surface area contributed by atoms with E-state index in [0.717, 1.165) is 17.8 Å². The fourth-order valence-corrected chi connectivity index (χ4v) is 3.00. The molecule has 0 aliphatic carbocycles. The highest BCUT2D eigenvalue weighted by Gasteiger charge is 2.26. The minimum atomic E-state index is 0.878. The standard InChI is InChI=1S/C13H26N2.C2H6/c1-11(2)13-5-8-15(10-13)9-12-3-6-14-7-4-12;1-2/h11-14H,3-10H2,1-2H3;1-2H3/t13-;/m0./s1. The van der Waals surface area contributed by atoms with Crippen molar-refractivity contribution in [2.24, 2.45) is 17.8 Å². The fraction of sp³-hybridized carbons (Fsp3) is 1.00. The molecule has 0 bridgehead atoms. The van der Waals surface area contributed by atoms with Crippen LogP contribution < -0.4 is 5.32 Å². The van der Waals surface area contributed by atoms with Gasteiger partial charge >= 0.3 is 0 Å². The molecule has 2 nitrogen and oxygen atoms in total.